The zero-order valence-corrected chi connectivity index (χ0v) is 10.1. The summed E-state index contributed by atoms with van der Waals surface area (Å²) in [5.74, 6) is 0.833. The Kier molecular flexibility index (Phi) is 8.33. The number of hydrogen-bond donors (Lipinski definition) is 2. The summed E-state index contributed by atoms with van der Waals surface area (Å²) in [6, 6.07) is 0. The summed E-state index contributed by atoms with van der Waals surface area (Å²) >= 11 is 0. The van der Waals surface area contributed by atoms with Crippen molar-refractivity contribution in [2.45, 2.75) is 26.7 Å². The van der Waals surface area contributed by atoms with E-state index in [9.17, 15) is 4.79 Å². The Balaban J connectivity index is 3.56. The van der Waals surface area contributed by atoms with E-state index in [1.54, 1.807) is 7.11 Å². The third kappa shape index (κ3) is 8.39. The molecule has 4 heteroatoms. The van der Waals surface area contributed by atoms with Gasteiger partial charge >= 0.3 is 0 Å². The molecule has 0 fully saturated rings. The molecule has 0 aliphatic rings. The van der Waals surface area contributed by atoms with Crippen LogP contribution < -0.4 is 11.1 Å². The highest BCUT2D eigenvalue weighted by Crippen LogP contribution is 2.02. The summed E-state index contributed by atoms with van der Waals surface area (Å²) in [5, 5.41) is 2.91. The molecule has 0 rings (SSSR count). The van der Waals surface area contributed by atoms with Gasteiger partial charge in [-0.2, -0.15) is 0 Å². The van der Waals surface area contributed by atoms with Gasteiger partial charge in [-0.15, -0.1) is 0 Å². The molecule has 0 bridgehead atoms. The smallest absolute Gasteiger partial charge is 0.220 e. The normalized spacial score (nSPS) is 14.7. The minimum absolute atomic E-state index is 0.100. The molecule has 0 spiro atoms. The Morgan fingerprint density at radius 3 is 2.60 bits per heavy atom. The Hall–Kier alpha value is -0.610. The molecule has 0 aliphatic heterocycles. The van der Waals surface area contributed by atoms with Gasteiger partial charge in [-0.05, 0) is 24.8 Å². The number of carbonyl (C=O) groups is 1. The van der Waals surface area contributed by atoms with E-state index in [1.165, 1.54) is 0 Å². The zero-order chi connectivity index (χ0) is 11.7. The number of rotatable bonds is 8. The fourth-order valence-electron chi connectivity index (χ4n) is 1.41. The topological polar surface area (TPSA) is 64.3 Å². The summed E-state index contributed by atoms with van der Waals surface area (Å²) in [7, 11) is 1.65. The number of nitrogens with one attached hydrogen (secondary N) is 1. The first-order chi connectivity index (χ1) is 7.10. The van der Waals surface area contributed by atoms with Crippen LogP contribution in [0.5, 0.6) is 0 Å². The van der Waals surface area contributed by atoms with E-state index in [4.69, 9.17) is 10.5 Å². The molecule has 90 valence electrons. The molecule has 0 saturated carbocycles. The molecule has 2 unspecified atom stereocenters. The van der Waals surface area contributed by atoms with Crippen LogP contribution in [0.2, 0.25) is 0 Å². The second-order valence-corrected chi connectivity index (χ2v) is 4.25. The van der Waals surface area contributed by atoms with Crippen LogP contribution in [-0.2, 0) is 9.53 Å². The number of amides is 1. The Labute approximate surface area is 92.6 Å². The molecule has 0 aromatic carbocycles. The third-order valence-corrected chi connectivity index (χ3v) is 2.29. The van der Waals surface area contributed by atoms with Gasteiger partial charge < -0.3 is 15.8 Å². The fraction of sp³-hybridized carbons (Fsp3) is 0.909. The van der Waals surface area contributed by atoms with Gasteiger partial charge in [0.25, 0.3) is 0 Å². The second kappa shape index (κ2) is 8.68. The van der Waals surface area contributed by atoms with Gasteiger partial charge in [0.1, 0.15) is 0 Å². The quantitative estimate of drug-likeness (QED) is 0.629. The highest BCUT2D eigenvalue weighted by atomic mass is 16.5. The molecule has 0 radical (unpaired) electrons. The minimum atomic E-state index is 0.100. The Morgan fingerprint density at radius 2 is 2.07 bits per heavy atom. The molecule has 0 aromatic rings. The van der Waals surface area contributed by atoms with Crippen molar-refractivity contribution in [2.75, 3.05) is 26.8 Å². The van der Waals surface area contributed by atoms with Gasteiger partial charge in [-0.25, -0.2) is 0 Å². The van der Waals surface area contributed by atoms with Gasteiger partial charge in [0.05, 0.1) is 0 Å². The van der Waals surface area contributed by atoms with Crippen molar-refractivity contribution >= 4 is 5.91 Å². The SMILES string of the molecule is COCC(C)CC(=O)NCC(C)CCN. The largest absolute Gasteiger partial charge is 0.384 e. The number of carbonyl (C=O) groups excluding carboxylic acids is 1. The predicted octanol–water partition coefficient (Wildman–Crippen LogP) is 0.760. The van der Waals surface area contributed by atoms with E-state index < -0.39 is 0 Å². The van der Waals surface area contributed by atoms with Crippen molar-refractivity contribution < 1.29 is 9.53 Å². The van der Waals surface area contributed by atoms with Gasteiger partial charge in [-0.3, -0.25) is 4.79 Å². The Morgan fingerprint density at radius 1 is 1.40 bits per heavy atom. The van der Waals surface area contributed by atoms with E-state index in [0.29, 0.717) is 25.5 Å². The summed E-state index contributed by atoms with van der Waals surface area (Å²) in [6.07, 6.45) is 1.48. The lowest BCUT2D eigenvalue weighted by Crippen LogP contribution is -2.30. The van der Waals surface area contributed by atoms with Gasteiger partial charge in [0.2, 0.25) is 5.91 Å². The van der Waals surface area contributed by atoms with Crippen molar-refractivity contribution in [2.24, 2.45) is 17.6 Å². The van der Waals surface area contributed by atoms with E-state index >= 15 is 0 Å². The molecule has 1 amide bonds. The van der Waals surface area contributed by atoms with Crippen LogP contribution in [0.3, 0.4) is 0 Å². The molecule has 0 aliphatic carbocycles. The van der Waals surface area contributed by atoms with Crippen molar-refractivity contribution in [1.82, 2.24) is 5.32 Å². The van der Waals surface area contributed by atoms with Crippen LogP contribution in [0.1, 0.15) is 26.7 Å². The monoisotopic (exact) mass is 216 g/mol. The van der Waals surface area contributed by atoms with Gasteiger partial charge in [0.15, 0.2) is 0 Å². The summed E-state index contributed by atoms with van der Waals surface area (Å²) in [4.78, 5) is 11.4. The van der Waals surface area contributed by atoms with Crippen LogP contribution in [0.25, 0.3) is 0 Å². The molecule has 0 aromatic heterocycles. The number of methoxy groups -OCH3 is 1. The number of ether oxygens (including phenoxy) is 1. The standard InChI is InChI=1S/C11H24N2O2/c1-9(4-5-12)7-13-11(14)6-10(2)8-15-3/h9-10H,4-8,12H2,1-3H3,(H,13,14). The molecular formula is C11H24N2O2. The van der Waals surface area contributed by atoms with Crippen LogP contribution in [0, 0.1) is 11.8 Å². The van der Waals surface area contributed by atoms with Crippen LogP contribution in [-0.4, -0.2) is 32.7 Å². The maximum absolute atomic E-state index is 11.4. The summed E-state index contributed by atoms with van der Waals surface area (Å²) in [6.45, 7) is 6.12. The molecule has 0 heterocycles. The van der Waals surface area contributed by atoms with E-state index in [1.807, 2.05) is 6.92 Å². The lowest BCUT2D eigenvalue weighted by molar-refractivity contribution is -0.122. The first-order valence-electron chi connectivity index (χ1n) is 5.55. The minimum Gasteiger partial charge on any atom is -0.384 e. The highest BCUT2D eigenvalue weighted by molar-refractivity contribution is 5.76. The lowest BCUT2D eigenvalue weighted by atomic mass is 10.1. The van der Waals surface area contributed by atoms with E-state index in [-0.39, 0.29) is 11.8 Å². The van der Waals surface area contributed by atoms with Crippen molar-refractivity contribution in [3.05, 3.63) is 0 Å². The first kappa shape index (κ1) is 14.4. The van der Waals surface area contributed by atoms with Gasteiger partial charge in [0, 0.05) is 26.7 Å². The second-order valence-electron chi connectivity index (χ2n) is 4.25. The third-order valence-electron chi connectivity index (χ3n) is 2.29. The van der Waals surface area contributed by atoms with Crippen molar-refractivity contribution in [1.29, 1.82) is 0 Å². The Bertz CT molecular complexity index is 174. The average molecular weight is 216 g/mol. The molecule has 3 N–H and O–H groups in total. The maximum Gasteiger partial charge on any atom is 0.220 e. The number of hydrogen-bond acceptors (Lipinski definition) is 3. The van der Waals surface area contributed by atoms with Crippen LogP contribution >= 0.6 is 0 Å². The lowest BCUT2D eigenvalue weighted by Gasteiger charge is -2.13. The maximum atomic E-state index is 11.4. The molecule has 4 nitrogen and oxygen atoms in total. The van der Waals surface area contributed by atoms with E-state index in [0.717, 1.165) is 13.0 Å². The zero-order valence-electron chi connectivity index (χ0n) is 10.1. The van der Waals surface area contributed by atoms with Crippen LogP contribution in [0.4, 0.5) is 0 Å². The van der Waals surface area contributed by atoms with Crippen LogP contribution in [0.15, 0.2) is 0 Å². The number of nitrogens with two attached hydrogens (primary N) is 1. The molecular weight excluding hydrogens is 192 g/mol. The first-order valence-corrected chi connectivity index (χ1v) is 5.55. The molecule has 15 heavy (non-hydrogen) atoms. The molecule has 2 atom stereocenters. The van der Waals surface area contributed by atoms with Crippen molar-refractivity contribution in [3.8, 4) is 0 Å². The van der Waals surface area contributed by atoms with E-state index in [2.05, 4.69) is 12.2 Å². The van der Waals surface area contributed by atoms with Crippen molar-refractivity contribution in [3.63, 3.8) is 0 Å². The average Bonchev–Trinajstić information content (AvgIpc) is 2.15. The van der Waals surface area contributed by atoms with Gasteiger partial charge in [-0.1, -0.05) is 13.8 Å². The fourth-order valence-corrected chi connectivity index (χ4v) is 1.41. The highest BCUT2D eigenvalue weighted by Gasteiger charge is 2.09. The molecule has 0 saturated heterocycles. The summed E-state index contributed by atoms with van der Waals surface area (Å²) in [5.41, 5.74) is 5.43. The predicted molar refractivity (Wildman–Crippen MR) is 61.5 cm³/mol. The summed E-state index contributed by atoms with van der Waals surface area (Å²) < 4.78 is 4.97.